The first kappa shape index (κ1) is 16.4. The van der Waals surface area contributed by atoms with Crippen molar-refractivity contribution in [1.29, 1.82) is 0 Å². The maximum Gasteiger partial charge on any atom is 0.301 e. The third kappa shape index (κ3) is 6.52. The van der Waals surface area contributed by atoms with E-state index >= 15 is 0 Å². The van der Waals surface area contributed by atoms with E-state index in [1.807, 2.05) is 0 Å². The summed E-state index contributed by atoms with van der Waals surface area (Å²) in [4.78, 5) is 10.3. The van der Waals surface area contributed by atoms with Gasteiger partial charge in [0.05, 0.1) is 0 Å². The maximum atomic E-state index is 12.6. The third-order valence-electron chi connectivity index (χ3n) is 2.73. The van der Waals surface area contributed by atoms with Gasteiger partial charge in [0.2, 0.25) is 0 Å². The van der Waals surface area contributed by atoms with Crippen molar-refractivity contribution >= 4 is 29.3 Å². The average molecular weight is 336 g/mol. The zero-order valence-corrected chi connectivity index (χ0v) is 12.9. The molecule has 0 unspecified atom stereocenters. The molecular weight excluding hydrogens is 321 g/mol. The minimum atomic E-state index is -2.24. The molecule has 3 nitrogen and oxygen atoms in total. The number of nitrogens with zero attached hydrogens (tertiary/aromatic N) is 2. The quantitative estimate of drug-likeness (QED) is 0.374. The van der Waals surface area contributed by atoms with Gasteiger partial charge < -0.3 is 4.84 Å². The van der Waals surface area contributed by atoms with Crippen LogP contribution in [0.15, 0.2) is 27.6 Å². The van der Waals surface area contributed by atoms with E-state index in [2.05, 4.69) is 10.1 Å². The topological polar surface area (TPSA) is 34.5 Å². The van der Waals surface area contributed by atoms with Gasteiger partial charge in [-0.3, -0.25) is 0 Å². The Bertz CT molecular complexity index is 511. The van der Waals surface area contributed by atoms with Gasteiger partial charge in [0, 0.05) is 35.9 Å². The van der Waals surface area contributed by atoms with Gasteiger partial charge in [-0.05, 0) is 18.8 Å². The fraction of sp³-hybridized carbons (Fsp3) is 0.538. The Hall–Kier alpha value is -1.02. The largest absolute Gasteiger partial charge is 0.396 e. The van der Waals surface area contributed by atoms with E-state index in [0.29, 0.717) is 18.9 Å². The van der Waals surface area contributed by atoms with Crippen molar-refractivity contribution < 1.29 is 18.0 Å². The van der Waals surface area contributed by atoms with Gasteiger partial charge in [-0.25, -0.2) is 9.37 Å². The van der Waals surface area contributed by atoms with Crippen molar-refractivity contribution in [2.24, 2.45) is 11.1 Å². The van der Waals surface area contributed by atoms with Crippen molar-refractivity contribution in [3.63, 3.8) is 0 Å². The first-order chi connectivity index (χ1) is 10.1. The van der Waals surface area contributed by atoms with Crippen LogP contribution in [0.5, 0.6) is 0 Å². The Labute approximate surface area is 129 Å². The molecule has 0 amide bonds. The minimum Gasteiger partial charge on any atom is -0.396 e. The van der Waals surface area contributed by atoms with Crippen LogP contribution < -0.4 is 0 Å². The lowest BCUT2D eigenvalue weighted by atomic mass is 10.4. The molecule has 0 aliphatic heterocycles. The van der Waals surface area contributed by atoms with Gasteiger partial charge in [0.1, 0.15) is 10.9 Å². The van der Waals surface area contributed by atoms with Crippen molar-refractivity contribution in [3.05, 3.63) is 23.0 Å². The molecule has 0 spiro atoms. The molecule has 1 heterocycles. The van der Waals surface area contributed by atoms with Crippen molar-refractivity contribution in [3.8, 4) is 0 Å². The standard InChI is InChI=1S/C13H15F3N2OS2/c14-11(12(15)16)4-6-20-13-17-7-10(21-13)3-5-18-19-8-9-1-2-9/h5,7,9H,1-4,6,8H2/b18-5-. The molecule has 2 rings (SSSR count). The highest BCUT2D eigenvalue weighted by Gasteiger charge is 2.21. The van der Waals surface area contributed by atoms with Crippen LogP contribution in [0.25, 0.3) is 0 Å². The Morgan fingerprint density at radius 3 is 3.00 bits per heavy atom. The summed E-state index contributed by atoms with van der Waals surface area (Å²) in [6, 6.07) is 0. The number of allylic oxidation sites excluding steroid dienone is 1. The second kappa shape index (κ2) is 8.43. The number of oxime groups is 1. The monoisotopic (exact) mass is 336 g/mol. The van der Waals surface area contributed by atoms with E-state index in [1.54, 1.807) is 12.4 Å². The third-order valence-corrected chi connectivity index (χ3v) is 4.91. The van der Waals surface area contributed by atoms with Crippen LogP contribution in [-0.4, -0.2) is 23.6 Å². The molecule has 8 heteroatoms. The Morgan fingerprint density at radius 1 is 1.48 bits per heavy atom. The van der Waals surface area contributed by atoms with E-state index < -0.39 is 11.9 Å². The van der Waals surface area contributed by atoms with E-state index in [4.69, 9.17) is 4.84 Å². The number of aromatic nitrogens is 1. The summed E-state index contributed by atoms with van der Waals surface area (Å²) in [5.74, 6) is -0.425. The molecule has 21 heavy (non-hydrogen) atoms. The zero-order valence-electron chi connectivity index (χ0n) is 11.2. The molecule has 1 fully saturated rings. The van der Waals surface area contributed by atoms with Crippen molar-refractivity contribution in [1.82, 2.24) is 4.98 Å². The summed E-state index contributed by atoms with van der Waals surface area (Å²) in [5, 5.41) is 3.87. The lowest BCUT2D eigenvalue weighted by Gasteiger charge is -1.95. The Kier molecular flexibility index (Phi) is 6.56. The molecule has 0 bridgehead atoms. The summed E-state index contributed by atoms with van der Waals surface area (Å²) in [6.45, 7) is 0.685. The van der Waals surface area contributed by atoms with Crippen molar-refractivity contribution in [2.75, 3.05) is 12.4 Å². The van der Waals surface area contributed by atoms with Crippen LogP contribution in [0.2, 0.25) is 0 Å². The molecular formula is C13H15F3N2OS2. The number of thioether (sulfide) groups is 1. The highest BCUT2D eigenvalue weighted by Crippen LogP contribution is 2.29. The predicted octanol–water partition coefficient (Wildman–Crippen LogP) is 4.66. The Morgan fingerprint density at radius 2 is 2.29 bits per heavy atom. The van der Waals surface area contributed by atoms with E-state index in [0.717, 1.165) is 9.22 Å². The summed E-state index contributed by atoms with van der Waals surface area (Å²) in [7, 11) is 0. The van der Waals surface area contributed by atoms with Gasteiger partial charge in [-0.1, -0.05) is 16.9 Å². The first-order valence-electron chi connectivity index (χ1n) is 6.56. The number of hydrogen-bond acceptors (Lipinski definition) is 5. The SMILES string of the molecule is FC(F)=C(F)CCSc1ncc(C/C=N\OCC2CC2)s1. The molecule has 0 saturated heterocycles. The fourth-order valence-corrected chi connectivity index (χ4v) is 3.37. The molecule has 0 N–H and O–H groups in total. The molecule has 116 valence electrons. The molecule has 1 aliphatic rings. The lowest BCUT2D eigenvalue weighted by molar-refractivity contribution is 0.135. The second-order valence-electron chi connectivity index (χ2n) is 4.59. The molecule has 1 aromatic rings. The summed E-state index contributed by atoms with van der Waals surface area (Å²) in [5.41, 5.74) is 0. The summed E-state index contributed by atoms with van der Waals surface area (Å²) >= 11 is 2.72. The van der Waals surface area contributed by atoms with Crippen LogP contribution in [-0.2, 0) is 11.3 Å². The average Bonchev–Trinajstić information content (AvgIpc) is 3.17. The van der Waals surface area contributed by atoms with Crippen LogP contribution in [0.4, 0.5) is 13.2 Å². The first-order valence-corrected chi connectivity index (χ1v) is 8.36. The molecule has 1 aliphatic carbocycles. The van der Waals surface area contributed by atoms with Crippen molar-refractivity contribution in [2.45, 2.75) is 30.0 Å². The smallest absolute Gasteiger partial charge is 0.301 e. The number of thiazole rings is 1. The number of rotatable bonds is 9. The second-order valence-corrected chi connectivity index (χ2v) is 7.04. The molecule has 0 radical (unpaired) electrons. The number of hydrogen-bond donors (Lipinski definition) is 0. The molecule has 1 aromatic heterocycles. The van der Waals surface area contributed by atoms with Gasteiger partial charge in [0.15, 0.2) is 5.83 Å². The molecule has 0 aromatic carbocycles. The van der Waals surface area contributed by atoms with Gasteiger partial charge >= 0.3 is 6.08 Å². The van der Waals surface area contributed by atoms with Crippen LogP contribution in [0.3, 0.4) is 0 Å². The van der Waals surface area contributed by atoms with E-state index in [9.17, 15) is 13.2 Å². The minimum absolute atomic E-state index is 0.245. The highest BCUT2D eigenvalue weighted by atomic mass is 32.2. The van der Waals surface area contributed by atoms with Crippen LogP contribution in [0, 0.1) is 5.92 Å². The number of halogens is 3. The summed E-state index contributed by atoms with van der Waals surface area (Å²) in [6.07, 6.45) is 3.96. The van der Waals surface area contributed by atoms with Crippen LogP contribution >= 0.6 is 23.1 Å². The lowest BCUT2D eigenvalue weighted by Crippen LogP contribution is -1.90. The van der Waals surface area contributed by atoms with Gasteiger partial charge in [-0.15, -0.1) is 11.3 Å². The normalized spacial score (nSPS) is 14.6. The summed E-state index contributed by atoms with van der Waals surface area (Å²) < 4.78 is 37.1. The van der Waals surface area contributed by atoms with Gasteiger partial charge in [0.25, 0.3) is 0 Å². The zero-order chi connectivity index (χ0) is 15.1. The highest BCUT2D eigenvalue weighted by molar-refractivity contribution is 8.01. The van der Waals surface area contributed by atoms with E-state index in [1.165, 1.54) is 35.9 Å². The predicted molar refractivity (Wildman–Crippen MR) is 78.7 cm³/mol. The molecule has 1 saturated carbocycles. The van der Waals surface area contributed by atoms with Gasteiger partial charge in [-0.2, -0.15) is 8.78 Å². The Balaban J connectivity index is 1.64. The van der Waals surface area contributed by atoms with E-state index in [-0.39, 0.29) is 12.2 Å². The maximum absolute atomic E-state index is 12.6. The van der Waals surface area contributed by atoms with Crippen LogP contribution in [0.1, 0.15) is 24.1 Å². The fourth-order valence-electron chi connectivity index (χ4n) is 1.39. The molecule has 0 atom stereocenters.